The maximum absolute atomic E-state index is 12.1. The normalized spacial score (nSPS) is 14.7. The average molecular weight is 258 g/mol. The molecule has 0 aliphatic carbocycles. The van der Waals surface area contributed by atoms with E-state index < -0.39 is 0 Å². The summed E-state index contributed by atoms with van der Waals surface area (Å²) < 4.78 is 1.90. The predicted molar refractivity (Wildman–Crippen MR) is 73.8 cm³/mol. The quantitative estimate of drug-likeness (QED) is 0.748. The van der Waals surface area contributed by atoms with Crippen molar-refractivity contribution >= 4 is 23.1 Å². The summed E-state index contributed by atoms with van der Waals surface area (Å²) in [7, 11) is 0. The van der Waals surface area contributed by atoms with Gasteiger partial charge in [0.15, 0.2) is 5.78 Å². The van der Waals surface area contributed by atoms with Crippen molar-refractivity contribution in [3.8, 4) is 11.1 Å². The second-order valence-corrected chi connectivity index (χ2v) is 4.88. The number of hydrogen-bond acceptors (Lipinski definition) is 1. The number of hydrogen-bond donors (Lipinski definition) is 0. The molecular weight excluding hydrogens is 246 g/mol. The molecule has 0 spiro atoms. The number of carbonyl (C=O) groups is 1. The van der Waals surface area contributed by atoms with E-state index in [2.05, 4.69) is 6.58 Å². The van der Waals surface area contributed by atoms with E-state index in [0.717, 1.165) is 28.9 Å². The van der Waals surface area contributed by atoms with Crippen molar-refractivity contribution in [2.45, 2.75) is 12.8 Å². The molecule has 18 heavy (non-hydrogen) atoms. The lowest BCUT2D eigenvalue weighted by atomic mass is 9.99. The van der Waals surface area contributed by atoms with Crippen LogP contribution in [0.15, 0.2) is 43.1 Å². The first kappa shape index (κ1) is 11.3. The summed E-state index contributed by atoms with van der Waals surface area (Å²) in [6.07, 6.45) is 3.20. The number of aromatic nitrogens is 1. The van der Waals surface area contributed by atoms with Gasteiger partial charge in [0.1, 0.15) is 0 Å². The van der Waals surface area contributed by atoms with Crippen LogP contribution in [0.5, 0.6) is 0 Å². The summed E-state index contributed by atoms with van der Waals surface area (Å²) in [6, 6.07) is 9.51. The van der Waals surface area contributed by atoms with Gasteiger partial charge >= 0.3 is 0 Å². The molecule has 0 radical (unpaired) electrons. The van der Waals surface area contributed by atoms with Crippen LogP contribution in [-0.2, 0) is 0 Å². The minimum atomic E-state index is 0.178. The van der Waals surface area contributed by atoms with Gasteiger partial charge in [0.05, 0.1) is 5.69 Å². The van der Waals surface area contributed by atoms with Crippen LogP contribution in [0.4, 0.5) is 0 Å². The highest BCUT2D eigenvalue weighted by Gasteiger charge is 2.23. The summed E-state index contributed by atoms with van der Waals surface area (Å²) in [5.74, 6) is 0.178. The Bertz CT molecular complexity index is 637. The topological polar surface area (TPSA) is 22.0 Å². The number of halogens is 1. The van der Waals surface area contributed by atoms with Crippen LogP contribution >= 0.6 is 11.6 Å². The molecule has 3 heteroatoms. The Labute approximate surface area is 111 Å². The molecule has 0 atom stereocenters. The monoisotopic (exact) mass is 257 g/mol. The Morgan fingerprint density at radius 3 is 2.56 bits per heavy atom. The van der Waals surface area contributed by atoms with Gasteiger partial charge in [-0.25, -0.2) is 0 Å². The fourth-order valence-corrected chi connectivity index (χ4v) is 2.47. The minimum Gasteiger partial charge on any atom is -0.318 e. The number of fused-ring (bicyclic) bond motifs is 1. The fraction of sp³-hybridized carbons (Fsp3) is 0.133. The molecule has 1 aromatic heterocycles. The number of ketones is 1. The Balaban J connectivity index is 2.17. The first-order chi connectivity index (χ1) is 8.66. The molecule has 0 amide bonds. The molecule has 0 unspecified atom stereocenters. The second-order valence-electron chi connectivity index (χ2n) is 4.44. The van der Waals surface area contributed by atoms with Crippen LogP contribution in [0, 0.1) is 0 Å². The Kier molecular flexibility index (Phi) is 2.60. The van der Waals surface area contributed by atoms with Gasteiger partial charge in [-0.2, -0.15) is 0 Å². The summed E-state index contributed by atoms with van der Waals surface area (Å²) in [4.78, 5) is 12.1. The van der Waals surface area contributed by atoms with Crippen LogP contribution in [-0.4, -0.2) is 10.4 Å². The lowest BCUT2D eigenvalue weighted by Gasteiger charge is -2.18. The van der Waals surface area contributed by atoms with E-state index in [1.165, 1.54) is 0 Å². The SMILES string of the molecule is C=C1CCC(=O)c2c(-c3ccc(Cl)cc3)ccn21. The Hall–Kier alpha value is -1.80. The van der Waals surface area contributed by atoms with E-state index in [4.69, 9.17) is 11.6 Å². The zero-order valence-electron chi connectivity index (χ0n) is 9.82. The maximum Gasteiger partial charge on any atom is 0.180 e. The van der Waals surface area contributed by atoms with Gasteiger partial charge in [0.25, 0.3) is 0 Å². The highest BCUT2D eigenvalue weighted by molar-refractivity contribution is 6.30. The van der Waals surface area contributed by atoms with Crippen molar-refractivity contribution in [3.05, 3.63) is 53.8 Å². The smallest absolute Gasteiger partial charge is 0.180 e. The molecule has 90 valence electrons. The van der Waals surface area contributed by atoms with Crippen LogP contribution in [0.3, 0.4) is 0 Å². The van der Waals surface area contributed by atoms with Crippen molar-refractivity contribution in [3.63, 3.8) is 0 Å². The molecule has 0 saturated carbocycles. The number of allylic oxidation sites excluding steroid dienone is 1. The molecule has 3 rings (SSSR count). The average Bonchev–Trinajstić information content (AvgIpc) is 2.81. The zero-order valence-corrected chi connectivity index (χ0v) is 10.6. The Morgan fingerprint density at radius 2 is 1.83 bits per heavy atom. The van der Waals surface area contributed by atoms with Crippen LogP contribution in [0.25, 0.3) is 16.8 Å². The molecule has 0 N–H and O–H groups in total. The highest BCUT2D eigenvalue weighted by atomic mass is 35.5. The summed E-state index contributed by atoms with van der Waals surface area (Å²) in [6.45, 7) is 4.00. The summed E-state index contributed by atoms with van der Waals surface area (Å²) in [5.41, 5.74) is 3.69. The standard InChI is InChI=1S/C15H12ClNO/c1-10-2-7-14(18)15-13(8-9-17(10)15)11-3-5-12(16)6-4-11/h3-6,8-9H,1-2,7H2. The van der Waals surface area contributed by atoms with Crippen molar-refractivity contribution in [1.29, 1.82) is 0 Å². The molecular formula is C15H12ClNO. The molecule has 2 aromatic rings. The third kappa shape index (κ3) is 1.70. The lowest BCUT2D eigenvalue weighted by Crippen LogP contribution is -2.15. The first-order valence-corrected chi connectivity index (χ1v) is 6.23. The maximum atomic E-state index is 12.1. The van der Waals surface area contributed by atoms with Crippen LogP contribution in [0.2, 0.25) is 5.02 Å². The summed E-state index contributed by atoms with van der Waals surface area (Å²) >= 11 is 5.88. The van der Waals surface area contributed by atoms with E-state index >= 15 is 0 Å². The van der Waals surface area contributed by atoms with Gasteiger partial charge < -0.3 is 4.57 Å². The molecule has 2 heterocycles. The van der Waals surface area contributed by atoms with Gasteiger partial charge in [-0.15, -0.1) is 0 Å². The molecule has 1 aromatic carbocycles. The number of carbonyl (C=O) groups excluding carboxylic acids is 1. The van der Waals surface area contributed by atoms with E-state index in [-0.39, 0.29) is 5.78 Å². The number of Topliss-reactive ketones (excluding diaryl/α,β-unsaturated/α-hetero) is 1. The van der Waals surface area contributed by atoms with E-state index in [0.29, 0.717) is 11.4 Å². The molecule has 1 aliphatic rings. The molecule has 0 saturated heterocycles. The largest absolute Gasteiger partial charge is 0.318 e. The minimum absolute atomic E-state index is 0.178. The van der Waals surface area contributed by atoms with E-state index in [1.54, 1.807) is 0 Å². The highest BCUT2D eigenvalue weighted by Crippen LogP contribution is 2.32. The van der Waals surface area contributed by atoms with Crippen LogP contribution < -0.4 is 0 Å². The van der Waals surface area contributed by atoms with Crippen molar-refractivity contribution < 1.29 is 4.79 Å². The Morgan fingerprint density at radius 1 is 1.11 bits per heavy atom. The molecule has 1 aliphatic heterocycles. The third-order valence-corrected chi connectivity index (χ3v) is 3.54. The van der Waals surface area contributed by atoms with Crippen LogP contribution in [0.1, 0.15) is 23.3 Å². The van der Waals surface area contributed by atoms with Gasteiger partial charge in [0, 0.05) is 28.9 Å². The molecule has 0 fully saturated rings. The van der Waals surface area contributed by atoms with Crippen molar-refractivity contribution in [2.75, 3.05) is 0 Å². The van der Waals surface area contributed by atoms with Crippen molar-refractivity contribution in [2.24, 2.45) is 0 Å². The number of nitrogens with zero attached hydrogens (tertiary/aromatic N) is 1. The fourth-order valence-electron chi connectivity index (χ4n) is 2.34. The van der Waals surface area contributed by atoms with Gasteiger partial charge in [0.2, 0.25) is 0 Å². The number of benzene rings is 1. The van der Waals surface area contributed by atoms with Crippen molar-refractivity contribution in [1.82, 2.24) is 4.57 Å². The van der Waals surface area contributed by atoms with E-state index in [1.807, 2.05) is 41.1 Å². The van der Waals surface area contributed by atoms with Gasteiger partial charge in [-0.3, -0.25) is 4.79 Å². The molecule has 2 nitrogen and oxygen atoms in total. The third-order valence-electron chi connectivity index (χ3n) is 3.29. The molecule has 0 bridgehead atoms. The first-order valence-electron chi connectivity index (χ1n) is 5.85. The second kappa shape index (κ2) is 4.14. The summed E-state index contributed by atoms with van der Waals surface area (Å²) in [5, 5.41) is 0.697. The van der Waals surface area contributed by atoms with Gasteiger partial charge in [-0.1, -0.05) is 30.3 Å². The van der Waals surface area contributed by atoms with E-state index in [9.17, 15) is 4.79 Å². The van der Waals surface area contributed by atoms with Gasteiger partial charge in [-0.05, 0) is 30.2 Å². The predicted octanol–water partition coefficient (Wildman–Crippen LogP) is 4.26. The zero-order chi connectivity index (χ0) is 12.7. The lowest BCUT2D eigenvalue weighted by molar-refractivity contribution is 0.0972. The number of rotatable bonds is 1.